The monoisotopic (exact) mass is 341 g/mol. The molecule has 2 aliphatic rings. The smallest absolute Gasteiger partial charge is 0.231 e. The van der Waals surface area contributed by atoms with Crippen molar-refractivity contribution in [2.75, 3.05) is 31.8 Å². The molecule has 1 unspecified atom stereocenters. The summed E-state index contributed by atoms with van der Waals surface area (Å²) in [7, 11) is 2.16. The van der Waals surface area contributed by atoms with Crippen molar-refractivity contribution >= 4 is 5.69 Å². The largest absolute Gasteiger partial charge is 0.507 e. The molecule has 2 aliphatic heterocycles. The van der Waals surface area contributed by atoms with Crippen molar-refractivity contribution in [3.63, 3.8) is 0 Å². The number of phenolic OH excluding ortho intramolecular Hbond substituents is 1. The van der Waals surface area contributed by atoms with E-state index in [1.807, 2.05) is 6.07 Å². The van der Waals surface area contributed by atoms with Gasteiger partial charge in [0.1, 0.15) is 18.8 Å². The van der Waals surface area contributed by atoms with Gasteiger partial charge in [0.05, 0.1) is 12.6 Å². The fourth-order valence-corrected chi connectivity index (χ4v) is 3.75. The minimum absolute atomic E-state index is 0.226. The topological polar surface area (TPSA) is 46.4 Å². The zero-order chi connectivity index (χ0) is 17.2. The molecule has 25 heavy (non-hydrogen) atoms. The highest BCUT2D eigenvalue weighted by atomic mass is 16.7. The minimum atomic E-state index is 0.226. The summed E-state index contributed by atoms with van der Waals surface area (Å²) in [6.07, 6.45) is 2.56. The molecule has 5 nitrogen and oxygen atoms in total. The zero-order valence-corrected chi connectivity index (χ0v) is 14.6. The molecule has 1 fully saturated rings. The maximum Gasteiger partial charge on any atom is 0.231 e. The molecule has 2 aromatic rings. The highest BCUT2D eigenvalue weighted by Gasteiger charge is 2.20. The lowest BCUT2D eigenvalue weighted by Crippen LogP contribution is -3.06. The van der Waals surface area contributed by atoms with Gasteiger partial charge in [0.2, 0.25) is 6.79 Å². The van der Waals surface area contributed by atoms with Crippen LogP contribution in [0.1, 0.15) is 24.0 Å². The summed E-state index contributed by atoms with van der Waals surface area (Å²) in [4.78, 5) is 3.81. The average Bonchev–Trinajstić information content (AvgIpc) is 3.27. The summed E-state index contributed by atoms with van der Waals surface area (Å²) in [5.74, 6) is 1.62. The molecule has 1 saturated heterocycles. The number of ether oxygens (including phenoxy) is 2. The Kier molecular flexibility index (Phi) is 4.40. The van der Waals surface area contributed by atoms with Crippen LogP contribution in [0.4, 0.5) is 5.69 Å². The van der Waals surface area contributed by atoms with E-state index in [9.17, 15) is 5.11 Å². The van der Waals surface area contributed by atoms with Crippen LogP contribution in [0.3, 0.4) is 0 Å². The normalized spacial score (nSPS) is 17.1. The average molecular weight is 341 g/mol. The molecule has 132 valence electrons. The predicted molar refractivity (Wildman–Crippen MR) is 96.4 cm³/mol. The van der Waals surface area contributed by atoms with Gasteiger partial charge < -0.3 is 24.4 Å². The highest BCUT2D eigenvalue weighted by molar-refractivity contribution is 5.54. The van der Waals surface area contributed by atoms with Gasteiger partial charge in [-0.1, -0.05) is 18.2 Å². The number of benzene rings is 2. The molecule has 0 aromatic heterocycles. The van der Waals surface area contributed by atoms with Crippen LogP contribution < -0.4 is 19.3 Å². The number of phenols is 1. The molecule has 4 rings (SSSR count). The molecular weight excluding hydrogens is 316 g/mol. The van der Waals surface area contributed by atoms with Crippen molar-refractivity contribution < 1.29 is 19.5 Å². The summed E-state index contributed by atoms with van der Waals surface area (Å²) >= 11 is 0. The van der Waals surface area contributed by atoms with Gasteiger partial charge >= 0.3 is 0 Å². The summed E-state index contributed by atoms with van der Waals surface area (Å²) in [5.41, 5.74) is 3.61. The molecule has 0 amide bonds. The maximum absolute atomic E-state index is 10.3. The molecule has 2 N–H and O–H groups in total. The Morgan fingerprint density at radius 2 is 1.68 bits per heavy atom. The first-order valence-electron chi connectivity index (χ1n) is 8.96. The number of hydrogen-bond donors (Lipinski definition) is 2. The van der Waals surface area contributed by atoms with Crippen molar-refractivity contribution in [1.82, 2.24) is 0 Å². The SMILES string of the molecule is C[NH+](Cc1cc2c(cc1O)OCO2)Cc1ccccc1N1CCCC1. The lowest BCUT2D eigenvalue weighted by atomic mass is 10.1. The van der Waals surface area contributed by atoms with Gasteiger partial charge in [-0.15, -0.1) is 0 Å². The quantitative estimate of drug-likeness (QED) is 0.872. The minimum Gasteiger partial charge on any atom is -0.507 e. The van der Waals surface area contributed by atoms with Crippen molar-refractivity contribution in [1.29, 1.82) is 0 Å². The van der Waals surface area contributed by atoms with E-state index >= 15 is 0 Å². The van der Waals surface area contributed by atoms with Crippen LogP contribution in [-0.4, -0.2) is 32.0 Å². The first-order chi connectivity index (χ1) is 12.2. The number of fused-ring (bicyclic) bond motifs is 1. The number of quaternary nitrogens is 1. The van der Waals surface area contributed by atoms with Crippen LogP contribution in [0.15, 0.2) is 36.4 Å². The van der Waals surface area contributed by atoms with E-state index < -0.39 is 0 Å². The molecule has 0 aliphatic carbocycles. The van der Waals surface area contributed by atoms with Gasteiger partial charge in [0.15, 0.2) is 11.5 Å². The first-order valence-corrected chi connectivity index (χ1v) is 8.96. The molecule has 5 heteroatoms. The third-order valence-corrected chi connectivity index (χ3v) is 5.00. The lowest BCUT2D eigenvalue weighted by Gasteiger charge is -2.23. The van der Waals surface area contributed by atoms with E-state index in [1.54, 1.807) is 6.07 Å². The van der Waals surface area contributed by atoms with Gasteiger partial charge in [-0.2, -0.15) is 0 Å². The number of para-hydroxylation sites is 1. The Morgan fingerprint density at radius 1 is 1.00 bits per heavy atom. The lowest BCUT2D eigenvalue weighted by molar-refractivity contribution is -0.907. The molecule has 0 saturated carbocycles. The van der Waals surface area contributed by atoms with Gasteiger partial charge in [0.25, 0.3) is 0 Å². The second kappa shape index (κ2) is 6.84. The van der Waals surface area contributed by atoms with Crippen LogP contribution in [0.2, 0.25) is 0 Å². The summed E-state index contributed by atoms with van der Waals surface area (Å²) in [5, 5.41) is 10.3. The number of rotatable bonds is 5. The fourth-order valence-electron chi connectivity index (χ4n) is 3.75. The third kappa shape index (κ3) is 3.37. The molecule has 0 spiro atoms. The fraction of sp³-hybridized carbons (Fsp3) is 0.400. The third-order valence-electron chi connectivity index (χ3n) is 5.00. The van der Waals surface area contributed by atoms with Gasteiger partial charge in [-0.05, 0) is 25.0 Å². The van der Waals surface area contributed by atoms with Crippen LogP contribution >= 0.6 is 0 Å². The molecular formula is C20H25N2O3+. The van der Waals surface area contributed by atoms with E-state index in [4.69, 9.17) is 9.47 Å². The number of anilines is 1. The second-order valence-corrected chi connectivity index (χ2v) is 6.97. The Morgan fingerprint density at radius 3 is 2.48 bits per heavy atom. The van der Waals surface area contributed by atoms with E-state index in [1.165, 1.54) is 29.0 Å². The summed E-state index contributed by atoms with van der Waals surface area (Å²) in [6, 6.07) is 12.2. The first kappa shape index (κ1) is 16.1. The molecule has 2 aromatic carbocycles. The Bertz CT molecular complexity index is 757. The van der Waals surface area contributed by atoms with Crippen molar-refractivity contribution in [2.45, 2.75) is 25.9 Å². The number of nitrogens with zero attached hydrogens (tertiary/aromatic N) is 1. The van der Waals surface area contributed by atoms with E-state index in [0.717, 1.165) is 37.5 Å². The molecule has 2 heterocycles. The number of aromatic hydroxyl groups is 1. The Balaban J connectivity index is 1.49. The number of nitrogens with one attached hydrogen (secondary N) is 1. The molecule has 0 bridgehead atoms. The summed E-state index contributed by atoms with van der Waals surface area (Å²) < 4.78 is 10.7. The van der Waals surface area contributed by atoms with Gasteiger partial charge in [0, 0.05) is 30.4 Å². The van der Waals surface area contributed by atoms with Crippen molar-refractivity contribution in [2.24, 2.45) is 0 Å². The van der Waals surface area contributed by atoms with E-state index in [0.29, 0.717) is 5.75 Å². The van der Waals surface area contributed by atoms with E-state index in [-0.39, 0.29) is 12.5 Å². The summed E-state index contributed by atoms with van der Waals surface area (Å²) in [6.45, 7) is 4.18. The second-order valence-electron chi connectivity index (χ2n) is 6.97. The zero-order valence-electron chi connectivity index (χ0n) is 14.6. The van der Waals surface area contributed by atoms with Crippen LogP contribution in [-0.2, 0) is 13.1 Å². The van der Waals surface area contributed by atoms with Crippen molar-refractivity contribution in [3.05, 3.63) is 47.5 Å². The standard InChI is InChI=1S/C20H24N2O3/c1-21(13-16-10-19-20(11-18(16)23)25-14-24-19)12-15-6-2-3-7-17(15)22-8-4-5-9-22/h2-3,6-7,10-11,23H,4-5,8-9,12-14H2,1H3/p+1. The van der Waals surface area contributed by atoms with Crippen LogP contribution in [0, 0.1) is 0 Å². The highest BCUT2D eigenvalue weighted by Crippen LogP contribution is 2.37. The van der Waals surface area contributed by atoms with Gasteiger partial charge in [-0.3, -0.25) is 0 Å². The maximum atomic E-state index is 10.3. The van der Waals surface area contributed by atoms with Crippen molar-refractivity contribution in [3.8, 4) is 17.2 Å². The Hall–Kier alpha value is -2.40. The number of hydrogen-bond acceptors (Lipinski definition) is 4. The van der Waals surface area contributed by atoms with E-state index in [2.05, 4.69) is 36.2 Å². The van der Waals surface area contributed by atoms with Crippen LogP contribution in [0.5, 0.6) is 17.2 Å². The Labute approximate surface area is 148 Å². The molecule has 0 radical (unpaired) electrons. The van der Waals surface area contributed by atoms with Crippen LogP contribution in [0.25, 0.3) is 0 Å². The van der Waals surface area contributed by atoms with Gasteiger partial charge in [-0.25, -0.2) is 0 Å². The molecule has 1 atom stereocenters. The predicted octanol–water partition coefficient (Wildman–Crippen LogP) is 1.94.